The SMILES string of the molecule is CCCCCCCCC(C(CCCCC)=S(=O)=O)=S(=O)=O. The fourth-order valence-corrected chi connectivity index (χ4v) is 3.84. The molecule has 0 bridgehead atoms. The molecule has 0 radical (unpaired) electrons. The van der Waals surface area contributed by atoms with E-state index >= 15 is 0 Å². The molecule has 6 heteroatoms. The van der Waals surface area contributed by atoms with Crippen LogP contribution in [0.1, 0.15) is 84.5 Å². The van der Waals surface area contributed by atoms with E-state index in [0.717, 1.165) is 44.9 Å². The third-order valence-corrected chi connectivity index (χ3v) is 5.31. The van der Waals surface area contributed by atoms with Crippen LogP contribution in [0.15, 0.2) is 0 Å². The monoisotopic (exact) mass is 336 g/mol. The predicted octanol–water partition coefficient (Wildman–Crippen LogP) is 3.42. The van der Waals surface area contributed by atoms with Gasteiger partial charge >= 0.3 is 0 Å². The smallest absolute Gasteiger partial charge is 0.184 e. The lowest BCUT2D eigenvalue weighted by atomic mass is 10.0. The Labute approximate surface area is 132 Å². The molecule has 0 saturated carbocycles. The molecule has 0 heterocycles. The van der Waals surface area contributed by atoms with Gasteiger partial charge in [-0.15, -0.1) is 0 Å². The highest BCUT2D eigenvalue weighted by Crippen LogP contribution is 2.10. The summed E-state index contributed by atoms with van der Waals surface area (Å²) in [6.45, 7) is 4.17. The van der Waals surface area contributed by atoms with Crippen molar-refractivity contribution >= 4 is 30.3 Å². The number of hydrogen-bond acceptors (Lipinski definition) is 4. The van der Waals surface area contributed by atoms with Crippen molar-refractivity contribution in [1.29, 1.82) is 0 Å². The Kier molecular flexibility index (Phi) is 12.7. The Balaban J connectivity index is 4.60. The van der Waals surface area contributed by atoms with Crippen LogP contribution < -0.4 is 0 Å². The van der Waals surface area contributed by atoms with Crippen LogP contribution in [-0.4, -0.2) is 26.6 Å². The summed E-state index contributed by atoms with van der Waals surface area (Å²) >= 11 is 0. The van der Waals surface area contributed by atoms with Crippen LogP contribution in [0.4, 0.5) is 0 Å². The minimum atomic E-state index is -2.43. The van der Waals surface area contributed by atoms with E-state index in [1.54, 1.807) is 0 Å². The van der Waals surface area contributed by atoms with Crippen molar-refractivity contribution in [2.24, 2.45) is 0 Å². The van der Waals surface area contributed by atoms with Gasteiger partial charge in [-0.25, -0.2) is 0 Å². The zero-order valence-electron chi connectivity index (χ0n) is 13.2. The maximum Gasteiger partial charge on any atom is 0.218 e. The molecule has 0 amide bonds. The van der Waals surface area contributed by atoms with Gasteiger partial charge in [-0.1, -0.05) is 58.8 Å². The predicted molar refractivity (Wildman–Crippen MR) is 90.0 cm³/mol. The van der Waals surface area contributed by atoms with E-state index in [1.165, 1.54) is 12.8 Å². The fraction of sp³-hybridized carbons (Fsp3) is 0.867. The zero-order chi connectivity index (χ0) is 16.1. The van der Waals surface area contributed by atoms with Crippen molar-refractivity contribution < 1.29 is 16.8 Å². The van der Waals surface area contributed by atoms with E-state index in [4.69, 9.17) is 0 Å². The summed E-state index contributed by atoms with van der Waals surface area (Å²) in [5, 5.41) is 0. The molecule has 0 fully saturated rings. The summed E-state index contributed by atoms with van der Waals surface area (Å²) in [4.78, 5) is 0.181. The van der Waals surface area contributed by atoms with Crippen molar-refractivity contribution in [3.05, 3.63) is 0 Å². The normalized spacial score (nSPS) is 10.4. The first-order chi connectivity index (χ1) is 10.0. The molecule has 0 aliphatic carbocycles. The quantitative estimate of drug-likeness (QED) is 0.404. The van der Waals surface area contributed by atoms with Gasteiger partial charge in [-0.05, 0) is 25.7 Å². The first-order valence-corrected chi connectivity index (χ1v) is 10.1. The average molecular weight is 337 g/mol. The molecular weight excluding hydrogens is 308 g/mol. The van der Waals surface area contributed by atoms with Crippen molar-refractivity contribution in [2.45, 2.75) is 84.5 Å². The molecule has 0 spiro atoms. The lowest BCUT2D eigenvalue weighted by Crippen LogP contribution is -2.16. The van der Waals surface area contributed by atoms with E-state index in [-0.39, 0.29) is 9.73 Å². The van der Waals surface area contributed by atoms with E-state index < -0.39 is 20.6 Å². The molecule has 0 aliphatic rings. The highest BCUT2D eigenvalue weighted by Gasteiger charge is 2.12. The molecule has 0 saturated heterocycles. The second-order valence-electron chi connectivity index (χ2n) is 5.29. The molecule has 124 valence electrons. The highest BCUT2D eigenvalue weighted by molar-refractivity contribution is 7.82. The average Bonchev–Trinajstić information content (AvgIpc) is 2.43. The second kappa shape index (κ2) is 13.1. The lowest BCUT2D eigenvalue weighted by molar-refractivity contribution is 0.614. The standard InChI is InChI=1S/C15H28O4S2/c1-3-5-7-8-9-11-13-15(21(18)19)14(20(16)17)12-10-6-4-2/h3-13H2,1-2H3. The second-order valence-corrected chi connectivity index (χ2v) is 7.22. The third kappa shape index (κ3) is 9.85. The summed E-state index contributed by atoms with van der Waals surface area (Å²) in [6, 6.07) is 0. The summed E-state index contributed by atoms with van der Waals surface area (Å²) in [5.41, 5.74) is 0. The van der Waals surface area contributed by atoms with Gasteiger partial charge in [0.15, 0.2) is 0 Å². The molecule has 0 N–H and O–H groups in total. The Morgan fingerprint density at radius 1 is 0.571 bits per heavy atom. The van der Waals surface area contributed by atoms with Gasteiger partial charge in [-0.3, -0.25) is 0 Å². The summed E-state index contributed by atoms with van der Waals surface area (Å²) < 4.78 is 45.2. The van der Waals surface area contributed by atoms with E-state index in [2.05, 4.69) is 6.92 Å². The van der Waals surface area contributed by atoms with Crippen LogP contribution in [0.25, 0.3) is 0 Å². The van der Waals surface area contributed by atoms with E-state index in [1.807, 2.05) is 6.92 Å². The van der Waals surface area contributed by atoms with Gasteiger partial charge in [0.05, 0.1) is 9.73 Å². The molecular formula is C15H28O4S2. The maximum absolute atomic E-state index is 11.3. The van der Waals surface area contributed by atoms with Crippen molar-refractivity contribution in [3.63, 3.8) is 0 Å². The minimum Gasteiger partial charge on any atom is -0.184 e. The Morgan fingerprint density at radius 2 is 0.905 bits per heavy atom. The molecule has 0 rings (SSSR count). The Morgan fingerprint density at radius 3 is 1.33 bits per heavy atom. The minimum absolute atomic E-state index is 0.0883. The first-order valence-electron chi connectivity index (χ1n) is 7.95. The molecule has 0 aromatic carbocycles. The maximum atomic E-state index is 11.3. The van der Waals surface area contributed by atoms with Gasteiger partial charge in [0.25, 0.3) is 0 Å². The van der Waals surface area contributed by atoms with Crippen LogP contribution >= 0.6 is 0 Å². The van der Waals surface area contributed by atoms with Crippen molar-refractivity contribution in [2.75, 3.05) is 0 Å². The number of unbranched alkanes of at least 4 members (excludes halogenated alkanes) is 7. The van der Waals surface area contributed by atoms with Crippen molar-refractivity contribution in [1.82, 2.24) is 0 Å². The number of rotatable bonds is 12. The van der Waals surface area contributed by atoms with Crippen LogP contribution in [0.5, 0.6) is 0 Å². The fourth-order valence-electron chi connectivity index (χ4n) is 2.23. The van der Waals surface area contributed by atoms with Crippen molar-refractivity contribution in [3.8, 4) is 0 Å². The Bertz CT molecular complexity index is 526. The molecule has 0 atom stereocenters. The molecule has 4 nitrogen and oxygen atoms in total. The highest BCUT2D eigenvalue weighted by atomic mass is 32.2. The Hall–Kier alpha value is -0.620. The molecule has 0 unspecified atom stereocenters. The van der Waals surface area contributed by atoms with Gasteiger partial charge in [-0.2, -0.15) is 16.8 Å². The van der Waals surface area contributed by atoms with E-state index in [9.17, 15) is 16.8 Å². The summed E-state index contributed by atoms with van der Waals surface area (Å²) in [6.07, 6.45) is 9.59. The van der Waals surface area contributed by atoms with Crippen LogP contribution in [-0.2, 0) is 20.6 Å². The van der Waals surface area contributed by atoms with Gasteiger partial charge in [0.1, 0.15) is 0 Å². The zero-order valence-corrected chi connectivity index (χ0v) is 14.9. The lowest BCUT2D eigenvalue weighted by Gasteiger charge is -2.04. The molecule has 0 aromatic heterocycles. The molecule has 0 aromatic rings. The number of hydrogen-bond donors (Lipinski definition) is 0. The largest absolute Gasteiger partial charge is 0.218 e. The summed E-state index contributed by atoms with van der Waals surface area (Å²) in [7, 11) is -4.86. The topological polar surface area (TPSA) is 68.3 Å². The molecule has 21 heavy (non-hydrogen) atoms. The van der Waals surface area contributed by atoms with Gasteiger partial charge in [0, 0.05) is 0 Å². The van der Waals surface area contributed by atoms with Crippen LogP contribution in [0, 0.1) is 0 Å². The van der Waals surface area contributed by atoms with Crippen LogP contribution in [0.2, 0.25) is 0 Å². The van der Waals surface area contributed by atoms with Gasteiger partial charge < -0.3 is 0 Å². The van der Waals surface area contributed by atoms with Crippen LogP contribution in [0.3, 0.4) is 0 Å². The third-order valence-electron chi connectivity index (χ3n) is 3.48. The summed E-state index contributed by atoms with van der Waals surface area (Å²) in [5.74, 6) is 0. The van der Waals surface area contributed by atoms with Gasteiger partial charge in [0.2, 0.25) is 20.6 Å². The first kappa shape index (κ1) is 20.4. The molecule has 0 aliphatic heterocycles. The van der Waals surface area contributed by atoms with E-state index in [0.29, 0.717) is 12.8 Å².